The molecular weight excluding hydrogens is 266 g/mol. The Labute approximate surface area is 119 Å². The van der Waals surface area contributed by atoms with Crippen LogP contribution in [0, 0.1) is 0 Å². The number of ether oxygens (including phenoxy) is 2. The molecule has 1 rings (SSSR count). The second-order valence-electron chi connectivity index (χ2n) is 4.93. The molecule has 4 nitrogen and oxygen atoms in total. The molecule has 1 amide bonds. The minimum absolute atomic E-state index is 0.0714. The van der Waals surface area contributed by atoms with Gasteiger partial charge in [0.1, 0.15) is 0 Å². The highest BCUT2D eigenvalue weighted by Crippen LogP contribution is 2.27. The van der Waals surface area contributed by atoms with Gasteiger partial charge < -0.3 is 14.8 Å². The maximum absolute atomic E-state index is 11.9. The van der Waals surface area contributed by atoms with E-state index in [1.165, 1.54) is 0 Å². The molecule has 5 heteroatoms. The summed E-state index contributed by atoms with van der Waals surface area (Å²) < 4.78 is 10.4. The number of nitrogens with one attached hydrogen (secondary N) is 1. The average molecular weight is 286 g/mol. The number of rotatable bonds is 6. The highest BCUT2D eigenvalue weighted by molar-refractivity contribution is 6.18. The minimum Gasteiger partial charge on any atom is -0.493 e. The Kier molecular flexibility index (Phi) is 5.48. The third kappa shape index (κ3) is 4.63. The second kappa shape index (κ2) is 6.66. The molecule has 0 spiro atoms. The molecule has 0 aromatic heterocycles. The lowest BCUT2D eigenvalue weighted by molar-refractivity contribution is -0.121. The van der Waals surface area contributed by atoms with Crippen molar-refractivity contribution in [2.75, 3.05) is 20.1 Å². The Morgan fingerprint density at radius 2 is 1.89 bits per heavy atom. The van der Waals surface area contributed by atoms with E-state index in [-0.39, 0.29) is 12.3 Å². The lowest BCUT2D eigenvalue weighted by Gasteiger charge is -2.23. The van der Waals surface area contributed by atoms with Crippen LogP contribution >= 0.6 is 11.6 Å². The highest BCUT2D eigenvalue weighted by Gasteiger charge is 2.19. The van der Waals surface area contributed by atoms with Gasteiger partial charge in [0.05, 0.1) is 20.6 Å². The molecule has 0 atom stereocenters. The first kappa shape index (κ1) is 15.6. The number of carbonyl (C=O) groups excluding carboxylic acids is 1. The number of methoxy groups -OCH3 is 2. The van der Waals surface area contributed by atoms with Crippen LogP contribution in [0.2, 0.25) is 0 Å². The van der Waals surface area contributed by atoms with Gasteiger partial charge in [-0.1, -0.05) is 6.07 Å². The lowest BCUT2D eigenvalue weighted by atomic mass is 10.1. The summed E-state index contributed by atoms with van der Waals surface area (Å²) in [7, 11) is 3.14. The molecular formula is C14H20ClNO3. The van der Waals surface area contributed by atoms with Crippen molar-refractivity contribution in [3.05, 3.63) is 23.8 Å². The van der Waals surface area contributed by atoms with Crippen LogP contribution in [-0.2, 0) is 11.2 Å². The van der Waals surface area contributed by atoms with Crippen molar-refractivity contribution in [2.24, 2.45) is 0 Å². The van der Waals surface area contributed by atoms with Crippen LogP contribution in [0.25, 0.3) is 0 Å². The SMILES string of the molecule is COc1ccc(CC(=O)NC(C)(C)CCl)cc1OC. The predicted molar refractivity (Wildman–Crippen MR) is 76.2 cm³/mol. The molecule has 0 radical (unpaired) electrons. The van der Waals surface area contributed by atoms with E-state index in [1.807, 2.05) is 19.9 Å². The van der Waals surface area contributed by atoms with E-state index < -0.39 is 5.54 Å². The van der Waals surface area contributed by atoms with Crippen LogP contribution < -0.4 is 14.8 Å². The fourth-order valence-electron chi connectivity index (χ4n) is 1.63. The second-order valence-corrected chi connectivity index (χ2v) is 5.20. The van der Waals surface area contributed by atoms with E-state index >= 15 is 0 Å². The molecule has 0 heterocycles. The molecule has 1 N–H and O–H groups in total. The molecule has 1 aromatic rings. The number of halogens is 1. The lowest BCUT2D eigenvalue weighted by Crippen LogP contribution is -2.45. The Morgan fingerprint density at radius 1 is 1.26 bits per heavy atom. The van der Waals surface area contributed by atoms with Crippen LogP contribution in [0.4, 0.5) is 0 Å². The summed E-state index contributed by atoms with van der Waals surface area (Å²) >= 11 is 5.78. The zero-order valence-electron chi connectivity index (χ0n) is 11.7. The largest absolute Gasteiger partial charge is 0.493 e. The van der Waals surface area contributed by atoms with E-state index in [9.17, 15) is 4.79 Å². The van der Waals surface area contributed by atoms with E-state index in [0.717, 1.165) is 5.56 Å². The van der Waals surface area contributed by atoms with Gasteiger partial charge in [-0.15, -0.1) is 11.6 Å². The number of hydrogen-bond acceptors (Lipinski definition) is 3. The van der Waals surface area contributed by atoms with Gasteiger partial charge in [0.15, 0.2) is 11.5 Å². The summed E-state index contributed by atoms with van der Waals surface area (Å²) in [6.45, 7) is 3.76. The van der Waals surface area contributed by atoms with Crippen LogP contribution in [0.3, 0.4) is 0 Å². The summed E-state index contributed by atoms with van der Waals surface area (Å²) in [5, 5.41) is 2.88. The smallest absolute Gasteiger partial charge is 0.224 e. The predicted octanol–water partition coefficient (Wildman–Crippen LogP) is 2.38. The third-order valence-electron chi connectivity index (χ3n) is 2.62. The van der Waals surface area contributed by atoms with Gasteiger partial charge in [-0.3, -0.25) is 4.79 Å². The van der Waals surface area contributed by atoms with Gasteiger partial charge >= 0.3 is 0 Å². The first-order valence-electron chi connectivity index (χ1n) is 5.99. The molecule has 0 saturated carbocycles. The standard InChI is InChI=1S/C14H20ClNO3/c1-14(2,9-15)16-13(17)8-10-5-6-11(18-3)12(7-10)19-4/h5-7H,8-9H2,1-4H3,(H,16,17). The summed E-state index contributed by atoms with van der Waals surface area (Å²) in [5.41, 5.74) is 0.454. The number of carbonyl (C=O) groups is 1. The monoisotopic (exact) mass is 285 g/mol. The average Bonchev–Trinajstić information content (AvgIpc) is 2.37. The number of benzene rings is 1. The van der Waals surface area contributed by atoms with Crippen LogP contribution in [-0.4, -0.2) is 31.5 Å². The summed E-state index contributed by atoms with van der Waals surface area (Å²) in [4.78, 5) is 11.9. The molecule has 0 aliphatic rings. The first-order chi connectivity index (χ1) is 8.91. The Balaban J connectivity index is 2.75. The molecule has 0 saturated heterocycles. The maximum atomic E-state index is 11.9. The number of alkyl halides is 1. The van der Waals surface area contributed by atoms with E-state index in [0.29, 0.717) is 17.4 Å². The van der Waals surface area contributed by atoms with Crippen LogP contribution in [0.15, 0.2) is 18.2 Å². The van der Waals surface area contributed by atoms with Crippen molar-refractivity contribution in [3.63, 3.8) is 0 Å². The molecule has 0 fully saturated rings. The zero-order valence-corrected chi connectivity index (χ0v) is 12.5. The zero-order chi connectivity index (χ0) is 14.5. The number of hydrogen-bond donors (Lipinski definition) is 1. The van der Waals surface area contributed by atoms with Crippen LogP contribution in [0.5, 0.6) is 11.5 Å². The number of amides is 1. The highest BCUT2D eigenvalue weighted by atomic mass is 35.5. The van der Waals surface area contributed by atoms with Crippen molar-refractivity contribution < 1.29 is 14.3 Å². The quantitative estimate of drug-likeness (QED) is 0.817. The van der Waals surface area contributed by atoms with E-state index in [2.05, 4.69) is 5.32 Å². The summed E-state index contributed by atoms with van der Waals surface area (Å²) in [6, 6.07) is 5.43. The van der Waals surface area contributed by atoms with Crippen molar-refractivity contribution >= 4 is 17.5 Å². The normalized spacial score (nSPS) is 11.0. The van der Waals surface area contributed by atoms with Crippen molar-refractivity contribution in [3.8, 4) is 11.5 Å². The fourth-order valence-corrected chi connectivity index (χ4v) is 1.70. The molecule has 19 heavy (non-hydrogen) atoms. The minimum atomic E-state index is -0.408. The van der Waals surface area contributed by atoms with Crippen LogP contribution in [0.1, 0.15) is 19.4 Å². The van der Waals surface area contributed by atoms with Gasteiger partial charge in [0, 0.05) is 11.4 Å². The van der Waals surface area contributed by atoms with Gasteiger partial charge in [-0.25, -0.2) is 0 Å². The van der Waals surface area contributed by atoms with Crippen molar-refractivity contribution in [1.29, 1.82) is 0 Å². The van der Waals surface area contributed by atoms with Crippen molar-refractivity contribution in [1.82, 2.24) is 5.32 Å². The topological polar surface area (TPSA) is 47.6 Å². The first-order valence-corrected chi connectivity index (χ1v) is 6.53. The van der Waals surface area contributed by atoms with Gasteiger partial charge in [0.25, 0.3) is 0 Å². The Hall–Kier alpha value is -1.42. The summed E-state index contributed by atoms with van der Waals surface area (Å²) in [5.74, 6) is 1.56. The molecule has 0 aliphatic carbocycles. The molecule has 0 bridgehead atoms. The molecule has 1 aromatic carbocycles. The van der Waals surface area contributed by atoms with E-state index in [1.54, 1.807) is 26.4 Å². The van der Waals surface area contributed by atoms with Gasteiger partial charge in [-0.2, -0.15) is 0 Å². The Morgan fingerprint density at radius 3 is 2.42 bits per heavy atom. The summed E-state index contributed by atoms with van der Waals surface area (Å²) in [6.07, 6.45) is 0.278. The fraction of sp³-hybridized carbons (Fsp3) is 0.500. The van der Waals surface area contributed by atoms with Gasteiger partial charge in [0.2, 0.25) is 5.91 Å². The van der Waals surface area contributed by atoms with E-state index in [4.69, 9.17) is 21.1 Å². The molecule has 106 valence electrons. The molecule has 0 unspecified atom stereocenters. The van der Waals surface area contributed by atoms with Gasteiger partial charge in [-0.05, 0) is 31.5 Å². The maximum Gasteiger partial charge on any atom is 0.224 e. The molecule has 0 aliphatic heterocycles. The Bertz CT molecular complexity index is 446. The third-order valence-corrected chi connectivity index (χ3v) is 3.29. The van der Waals surface area contributed by atoms with Crippen molar-refractivity contribution in [2.45, 2.75) is 25.8 Å².